The number of aliphatic hydroxyl groups is 1. The molecule has 0 aliphatic carbocycles. The van der Waals surface area contributed by atoms with Crippen molar-refractivity contribution in [2.24, 2.45) is 11.8 Å². The molecule has 17 nitrogen and oxygen atoms in total. The fraction of sp³-hybridized carbons (Fsp3) is 0.838. The van der Waals surface area contributed by atoms with Crippen molar-refractivity contribution in [2.75, 3.05) is 52.9 Å². The maximum Gasteiger partial charge on any atom is 0.415 e. The van der Waals surface area contributed by atoms with E-state index in [1.54, 1.807) is 6.08 Å². The first kappa shape index (κ1) is 56.1. The minimum Gasteiger partial charge on any atom is -0.466 e. The number of hydrogen-bond acceptors (Lipinski definition) is 17. The van der Waals surface area contributed by atoms with Crippen LogP contribution >= 0.6 is 0 Å². The minimum atomic E-state index is -4.61. The van der Waals surface area contributed by atoms with Gasteiger partial charge in [0.1, 0.15) is 12.7 Å². The van der Waals surface area contributed by atoms with E-state index >= 15 is 0 Å². The van der Waals surface area contributed by atoms with Crippen molar-refractivity contribution in [2.45, 2.75) is 147 Å². The molecule has 0 bridgehead atoms. The average Bonchev–Trinajstić information content (AvgIpc) is 3.18. The topological polar surface area (TPSA) is 249 Å². The lowest BCUT2D eigenvalue weighted by Crippen LogP contribution is -2.38. The molecule has 0 aliphatic rings. The number of hydrogen-bond donors (Lipinski definition) is 3. The van der Waals surface area contributed by atoms with Crippen LogP contribution in [0.15, 0.2) is 25.3 Å². The van der Waals surface area contributed by atoms with Gasteiger partial charge in [0, 0.05) is 0 Å². The summed E-state index contributed by atoms with van der Waals surface area (Å²) >= 11 is 0. The van der Waals surface area contributed by atoms with Gasteiger partial charge >= 0.3 is 22.3 Å². The molecule has 0 aliphatic heterocycles. The van der Waals surface area contributed by atoms with E-state index in [-0.39, 0.29) is 39.1 Å². The Bertz CT molecular complexity index is 1190. The monoisotopic (exact) mass is 848 g/mol. The third kappa shape index (κ3) is 35.1. The highest BCUT2D eigenvalue weighted by atomic mass is 32.3. The van der Waals surface area contributed by atoms with Crippen LogP contribution in [-0.2, 0) is 66.5 Å². The van der Waals surface area contributed by atoms with E-state index < -0.39 is 56.8 Å². The van der Waals surface area contributed by atoms with Gasteiger partial charge in [-0.3, -0.25) is 9.59 Å². The maximum atomic E-state index is 12.2. The lowest BCUT2D eigenvalue weighted by atomic mass is 10.0. The van der Waals surface area contributed by atoms with Crippen molar-refractivity contribution >= 4 is 32.5 Å². The van der Waals surface area contributed by atoms with Crippen LogP contribution in [0.25, 0.3) is 0 Å². The number of unbranched alkanes of at least 4 members (excludes halogenated alkanes) is 15. The van der Waals surface area contributed by atoms with Crippen LogP contribution in [0.5, 0.6) is 0 Å². The van der Waals surface area contributed by atoms with Gasteiger partial charge in [0.2, 0.25) is 0 Å². The second kappa shape index (κ2) is 38.5. The molecule has 0 radical (unpaired) electrons. The largest absolute Gasteiger partial charge is 0.466 e. The van der Waals surface area contributed by atoms with Crippen molar-refractivity contribution in [3.8, 4) is 0 Å². The van der Waals surface area contributed by atoms with Crippen LogP contribution in [0.3, 0.4) is 0 Å². The Morgan fingerprint density at radius 2 is 1.16 bits per heavy atom. The molecule has 56 heavy (non-hydrogen) atoms. The number of esters is 2. The first-order valence-corrected chi connectivity index (χ1v) is 22.5. The van der Waals surface area contributed by atoms with E-state index in [1.807, 2.05) is 6.92 Å². The smallest absolute Gasteiger partial charge is 0.415 e. The summed E-state index contributed by atoms with van der Waals surface area (Å²) in [5.74, 6) is 7.09. The zero-order chi connectivity index (χ0) is 42.3. The van der Waals surface area contributed by atoms with E-state index in [0.29, 0.717) is 19.6 Å². The Kier molecular flexibility index (Phi) is 38.5. The third-order valence-corrected chi connectivity index (χ3v) is 10.1. The Labute approximate surface area is 336 Å². The molecule has 332 valence electrons. The molecule has 19 heteroatoms. The standard InChI is InChI=1S/C28H53NO9S.C9H19NO6S/c1-3-5-6-7-8-9-10-11-12-13-14-15-16-17-18-19-21-36-27(31)22-26(39(33,34)38-29)28(32)37-24-25(30)23-35-20-4-2;1-3-5-13-8-9(4-2)14-6-7-15-17(11,12)16-10/h4,25-26,30H,2-3,5-24,29H2,1H3;3,9H,1,4-8,10H2,2H3. The van der Waals surface area contributed by atoms with Gasteiger partial charge in [-0.1, -0.05) is 122 Å². The number of carbonyl (C=O) groups excluding carboxylic acids is 2. The lowest BCUT2D eigenvalue weighted by Gasteiger charge is -2.16. The molecule has 0 heterocycles. The third-order valence-electron chi connectivity index (χ3n) is 8.10. The highest BCUT2D eigenvalue weighted by Crippen LogP contribution is 2.15. The molecule has 0 aromatic heterocycles. The van der Waals surface area contributed by atoms with Gasteiger partial charge in [-0.15, -0.1) is 13.2 Å². The molecular weight excluding hydrogens is 777 g/mol. The average molecular weight is 849 g/mol. The molecule has 0 saturated heterocycles. The SMILES string of the molecule is C=CCOCC(CC)OCCOS(=O)(=O)ON.C=CCOCC(O)COC(=O)C(CC(=O)OCCCCCCCCCCCCCCCCCC)S(=O)(=O)ON. The Balaban J connectivity index is 0. The number of rotatable bonds is 39. The highest BCUT2D eigenvalue weighted by Gasteiger charge is 2.38. The Hall–Kier alpha value is -2.04. The summed E-state index contributed by atoms with van der Waals surface area (Å²) in [6.07, 6.45) is 21.4. The minimum absolute atomic E-state index is 0.110. The van der Waals surface area contributed by atoms with E-state index in [9.17, 15) is 31.5 Å². The van der Waals surface area contributed by atoms with Crippen LogP contribution in [0, 0.1) is 0 Å². The van der Waals surface area contributed by atoms with Crippen molar-refractivity contribution < 1.29 is 68.0 Å². The summed E-state index contributed by atoms with van der Waals surface area (Å²) in [5.41, 5.74) is 0. The van der Waals surface area contributed by atoms with Crippen molar-refractivity contribution in [3.05, 3.63) is 25.3 Å². The molecule has 0 rings (SSSR count). The second-order valence-corrected chi connectivity index (χ2v) is 16.0. The Morgan fingerprint density at radius 1 is 0.661 bits per heavy atom. The molecule has 0 amide bonds. The predicted octanol–water partition coefficient (Wildman–Crippen LogP) is 5.01. The Morgan fingerprint density at radius 3 is 1.62 bits per heavy atom. The van der Waals surface area contributed by atoms with Gasteiger partial charge in [-0.05, 0) is 12.8 Å². The first-order valence-electron chi connectivity index (χ1n) is 19.7. The number of nitrogens with two attached hydrogens (primary N) is 2. The molecule has 0 spiro atoms. The van der Waals surface area contributed by atoms with E-state index in [2.05, 4.69) is 38.7 Å². The van der Waals surface area contributed by atoms with Crippen LogP contribution in [0.1, 0.15) is 129 Å². The fourth-order valence-corrected chi connectivity index (χ4v) is 6.07. The summed E-state index contributed by atoms with van der Waals surface area (Å²) in [6, 6.07) is 0. The summed E-state index contributed by atoms with van der Waals surface area (Å²) < 4.78 is 82.7. The highest BCUT2D eigenvalue weighted by molar-refractivity contribution is 7.88. The predicted molar refractivity (Wildman–Crippen MR) is 212 cm³/mol. The lowest BCUT2D eigenvalue weighted by molar-refractivity contribution is -0.152. The zero-order valence-corrected chi connectivity index (χ0v) is 35.5. The van der Waals surface area contributed by atoms with Crippen LogP contribution in [-0.4, -0.2) is 104 Å². The van der Waals surface area contributed by atoms with E-state index in [4.69, 9.17) is 29.6 Å². The van der Waals surface area contributed by atoms with Crippen molar-refractivity contribution in [1.29, 1.82) is 0 Å². The summed E-state index contributed by atoms with van der Waals surface area (Å²) in [5, 5.41) is 7.73. The molecule has 5 N–H and O–H groups in total. The molecule has 0 saturated carbocycles. The number of carbonyl (C=O) groups is 2. The normalized spacial score (nSPS) is 13.2. The molecule has 0 fully saturated rings. The van der Waals surface area contributed by atoms with Crippen molar-refractivity contribution in [1.82, 2.24) is 0 Å². The summed E-state index contributed by atoms with van der Waals surface area (Å²) in [6.45, 7) is 11.6. The van der Waals surface area contributed by atoms with Crippen LogP contribution in [0.2, 0.25) is 0 Å². The van der Waals surface area contributed by atoms with Gasteiger partial charge < -0.3 is 28.8 Å². The quantitative estimate of drug-likeness (QED) is 0.0318. The maximum absolute atomic E-state index is 12.2. The zero-order valence-electron chi connectivity index (χ0n) is 33.8. The van der Waals surface area contributed by atoms with Gasteiger partial charge in [0.25, 0.3) is 10.1 Å². The molecular formula is C37H72N2O15S2. The van der Waals surface area contributed by atoms with Gasteiger partial charge in [-0.2, -0.15) is 37.2 Å². The fourth-order valence-electron chi connectivity index (χ4n) is 4.97. The van der Waals surface area contributed by atoms with Gasteiger partial charge in [0.15, 0.2) is 5.25 Å². The summed E-state index contributed by atoms with van der Waals surface area (Å²) in [4.78, 5) is 24.4. The molecule has 3 atom stereocenters. The first-order chi connectivity index (χ1) is 26.8. The van der Waals surface area contributed by atoms with E-state index in [0.717, 1.165) is 25.7 Å². The molecule has 3 unspecified atom stereocenters. The van der Waals surface area contributed by atoms with Crippen LogP contribution in [0.4, 0.5) is 0 Å². The van der Waals surface area contributed by atoms with Gasteiger partial charge in [-0.25, -0.2) is 4.18 Å². The van der Waals surface area contributed by atoms with E-state index in [1.165, 1.54) is 83.1 Å². The van der Waals surface area contributed by atoms with Gasteiger partial charge in [0.05, 0.1) is 58.8 Å². The number of aliphatic hydroxyl groups excluding tert-OH is 1. The number of ether oxygens (including phenoxy) is 5. The second-order valence-electron chi connectivity index (χ2n) is 13.0. The molecule has 0 aromatic carbocycles. The summed E-state index contributed by atoms with van der Waals surface area (Å²) in [7, 11) is -8.70. The van der Waals surface area contributed by atoms with Crippen molar-refractivity contribution in [3.63, 3.8) is 0 Å². The molecule has 0 aromatic rings. The van der Waals surface area contributed by atoms with Crippen LogP contribution < -0.4 is 11.8 Å².